The molecule has 1 atom stereocenters. The summed E-state index contributed by atoms with van der Waals surface area (Å²) in [5, 5.41) is 6.49. The first-order valence-corrected chi connectivity index (χ1v) is 9.00. The van der Waals surface area contributed by atoms with Crippen LogP contribution in [0.25, 0.3) is 0 Å². The van der Waals surface area contributed by atoms with Crippen LogP contribution in [-0.2, 0) is 20.6 Å². The fourth-order valence-electron chi connectivity index (χ4n) is 2.92. The number of ether oxygens (including phenoxy) is 1. The Labute approximate surface area is 129 Å². The molecule has 0 amide bonds. The molecule has 2 saturated heterocycles. The van der Waals surface area contributed by atoms with Crippen molar-refractivity contribution in [3.05, 3.63) is 11.8 Å². The van der Waals surface area contributed by atoms with Gasteiger partial charge in [-0.25, -0.2) is 8.42 Å². The van der Waals surface area contributed by atoms with Crippen LogP contribution in [0.1, 0.15) is 12.0 Å². The molecule has 2 fully saturated rings. The third kappa shape index (κ3) is 2.95. The normalized spacial score (nSPS) is 25.5. The number of H-pyrrole nitrogens is 1. The van der Waals surface area contributed by atoms with Crippen LogP contribution in [0.5, 0.6) is 0 Å². The third-order valence-electron chi connectivity index (χ3n) is 4.11. The Morgan fingerprint density at radius 3 is 2.86 bits per heavy atom. The van der Waals surface area contributed by atoms with Crippen LogP contribution in [0.2, 0.25) is 0 Å². The van der Waals surface area contributed by atoms with E-state index in [1.165, 1.54) is 10.5 Å². The van der Waals surface area contributed by atoms with Crippen molar-refractivity contribution in [1.29, 1.82) is 0 Å². The molecular formula is C12H19ClN4O3S. The molecule has 0 radical (unpaired) electrons. The standard InChI is InChI=1S/C12H19ClN4O3S/c13-7-10-8-14-15-12(10)21(18,19)17-2-1-11(9-17)16-3-5-20-6-4-16/h8,11H,1-7,9H2,(H,14,15). The summed E-state index contributed by atoms with van der Waals surface area (Å²) >= 11 is 5.77. The van der Waals surface area contributed by atoms with Gasteiger partial charge in [0.2, 0.25) is 0 Å². The zero-order chi connectivity index (χ0) is 14.9. The van der Waals surface area contributed by atoms with Crippen molar-refractivity contribution in [3.8, 4) is 0 Å². The van der Waals surface area contributed by atoms with Gasteiger partial charge < -0.3 is 4.74 Å². The molecule has 3 heterocycles. The average Bonchev–Trinajstić information content (AvgIpc) is 3.17. The molecule has 1 aromatic heterocycles. The quantitative estimate of drug-likeness (QED) is 0.798. The van der Waals surface area contributed by atoms with Gasteiger partial charge in [0, 0.05) is 37.8 Å². The summed E-state index contributed by atoms with van der Waals surface area (Å²) in [5.74, 6) is 0.131. The Morgan fingerprint density at radius 2 is 2.14 bits per heavy atom. The van der Waals surface area contributed by atoms with Crippen LogP contribution in [0.4, 0.5) is 0 Å². The van der Waals surface area contributed by atoms with E-state index in [9.17, 15) is 8.42 Å². The highest BCUT2D eigenvalue weighted by Crippen LogP contribution is 2.25. The minimum atomic E-state index is -3.54. The number of sulfonamides is 1. The van der Waals surface area contributed by atoms with E-state index < -0.39 is 10.0 Å². The first-order valence-electron chi connectivity index (χ1n) is 7.03. The molecule has 9 heteroatoms. The van der Waals surface area contributed by atoms with Gasteiger partial charge in [-0.1, -0.05) is 0 Å². The highest BCUT2D eigenvalue weighted by atomic mass is 35.5. The van der Waals surface area contributed by atoms with Crippen LogP contribution in [-0.4, -0.2) is 73.3 Å². The van der Waals surface area contributed by atoms with E-state index in [4.69, 9.17) is 16.3 Å². The molecule has 2 aliphatic rings. The van der Waals surface area contributed by atoms with Crippen molar-refractivity contribution in [3.63, 3.8) is 0 Å². The molecule has 118 valence electrons. The smallest absolute Gasteiger partial charge is 0.260 e. The summed E-state index contributed by atoms with van der Waals surface area (Å²) in [6.07, 6.45) is 2.32. The second kappa shape index (κ2) is 6.21. The lowest BCUT2D eigenvalue weighted by molar-refractivity contribution is 0.0197. The monoisotopic (exact) mass is 334 g/mol. The molecule has 0 spiro atoms. The summed E-state index contributed by atoms with van der Waals surface area (Å²) in [4.78, 5) is 2.31. The molecule has 2 aliphatic heterocycles. The highest BCUT2D eigenvalue weighted by Gasteiger charge is 2.37. The predicted octanol–water partition coefficient (Wildman–Crippen LogP) is 0.244. The van der Waals surface area contributed by atoms with E-state index >= 15 is 0 Å². The van der Waals surface area contributed by atoms with Gasteiger partial charge in [0.05, 0.1) is 25.3 Å². The maximum atomic E-state index is 12.7. The predicted molar refractivity (Wildman–Crippen MR) is 77.7 cm³/mol. The number of nitrogens with one attached hydrogen (secondary N) is 1. The van der Waals surface area contributed by atoms with Gasteiger partial charge in [-0.3, -0.25) is 10.00 Å². The second-order valence-corrected chi connectivity index (χ2v) is 7.45. The van der Waals surface area contributed by atoms with Crippen LogP contribution in [0.15, 0.2) is 11.2 Å². The van der Waals surface area contributed by atoms with E-state index in [-0.39, 0.29) is 16.9 Å². The van der Waals surface area contributed by atoms with Gasteiger partial charge in [0.25, 0.3) is 10.0 Å². The Balaban J connectivity index is 1.73. The zero-order valence-corrected chi connectivity index (χ0v) is 13.2. The number of hydrogen-bond acceptors (Lipinski definition) is 5. The number of aromatic amines is 1. The molecule has 7 nitrogen and oxygen atoms in total. The molecule has 1 aromatic rings. The van der Waals surface area contributed by atoms with Gasteiger partial charge in [0.15, 0.2) is 5.03 Å². The molecule has 1 unspecified atom stereocenters. The Bertz CT molecular complexity index is 585. The van der Waals surface area contributed by atoms with Crippen LogP contribution in [0.3, 0.4) is 0 Å². The molecule has 0 saturated carbocycles. The number of aromatic nitrogens is 2. The largest absolute Gasteiger partial charge is 0.379 e. The Morgan fingerprint density at radius 1 is 1.38 bits per heavy atom. The van der Waals surface area contributed by atoms with E-state index in [0.29, 0.717) is 18.7 Å². The van der Waals surface area contributed by atoms with Crippen molar-refractivity contribution in [2.45, 2.75) is 23.4 Å². The third-order valence-corrected chi connectivity index (χ3v) is 6.28. The summed E-state index contributed by atoms with van der Waals surface area (Å²) in [5.41, 5.74) is 0.520. The molecular weight excluding hydrogens is 316 g/mol. The molecule has 0 aromatic carbocycles. The van der Waals surface area contributed by atoms with E-state index in [1.807, 2.05) is 0 Å². The van der Waals surface area contributed by atoms with Crippen LogP contribution < -0.4 is 0 Å². The summed E-state index contributed by atoms with van der Waals surface area (Å²) in [7, 11) is -3.54. The van der Waals surface area contributed by atoms with Gasteiger partial charge in [0.1, 0.15) is 0 Å². The summed E-state index contributed by atoms with van der Waals surface area (Å²) in [6, 6.07) is 0.269. The lowest BCUT2D eigenvalue weighted by Crippen LogP contribution is -2.45. The first kappa shape index (κ1) is 15.2. The number of rotatable bonds is 4. The highest BCUT2D eigenvalue weighted by molar-refractivity contribution is 7.89. The van der Waals surface area contributed by atoms with Gasteiger partial charge in [-0.05, 0) is 6.42 Å². The maximum absolute atomic E-state index is 12.7. The van der Waals surface area contributed by atoms with Crippen molar-refractivity contribution in [2.75, 3.05) is 39.4 Å². The van der Waals surface area contributed by atoms with Gasteiger partial charge in [-0.15, -0.1) is 11.6 Å². The summed E-state index contributed by atoms with van der Waals surface area (Å²) in [6.45, 7) is 4.24. The minimum absolute atomic E-state index is 0.125. The van der Waals surface area contributed by atoms with Gasteiger partial charge in [-0.2, -0.15) is 9.40 Å². The lowest BCUT2D eigenvalue weighted by atomic mass is 10.2. The molecule has 0 aliphatic carbocycles. The van der Waals surface area contributed by atoms with E-state index in [0.717, 1.165) is 32.7 Å². The number of halogens is 1. The molecule has 0 bridgehead atoms. The van der Waals surface area contributed by atoms with Crippen molar-refractivity contribution >= 4 is 21.6 Å². The number of morpholine rings is 1. The SMILES string of the molecule is O=S(=O)(c1[nH]ncc1CCl)N1CCC(N2CCOCC2)C1. The maximum Gasteiger partial charge on any atom is 0.260 e. The Kier molecular flexibility index (Phi) is 4.51. The Hall–Kier alpha value is -0.670. The van der Waals surface area contributed by atoms with Crippen molar-refractivity contribution in [2.24, 2.45) is 0 Å². The van der Waals surface area contributed by atoms with Crippen molar-refractivity contribution < 1.29 is 13.2 Å². The van der Waals surface area contributed by atoms with Crippen molar-refractivity contribution in [1.82, 2.24) is 19.4 Å². The molecule has 1 N–H and O–H groups in total. The molecule has 3 rings (SSSR count). The fraction of sp³-hybridized carbons (Fsp3) is 0.750. The van der Waals surface area contributed by atoms with E-state index in [1.54, 1.807) is 0 Å². The number of nitrogens with zero attached hydrogens (tertiary/aromatic N) is 3. The fourth-order valence-corrected chi connectivity index (χ4v) is 4.79. The van der Waals surface area contributed by atoms with Crippen LogP contribution >= 0.6 is 11.6 Å². The topological polar surface area (TPSA) is 78.5 Å². The number of hydrogen-bond donors (Lipinski definition) is 1. The molecule has 21 heavy (non-hydrogen) atoms. The minimum Gasteiger partial charge on any atom is -0.379 e. The average molecular weight is 335 g/mol. The van der Waals surface area contributed by atoms with Crippen LogP contribution in [0, 0.1) is 0 Å². The number of alkyl halides is 1. The second-order valence-electron chi connectivity index (χ2n) is 5.31. The van der Waals surface area contributed by atoms with E-state index in [2.05, 4.69) is 15.1 Å². The zero-order valence-electron chi connectivity index (χ0n) is 11.7. The van der Waals surface area contributed by atoms with Gasteiger partial charge >= 0.3 is 0 Å². The summed E-state index contributed by atoms with van der Waals surface area (Å²) < 4.78 is 32.2. The first-order chi connectivity index (χ1) is 10.1. The lowest BCUT2D eigenvalue weighted by Gasteiger charge is -2.32.